The van der Waals surface area contributed by atoms with Crippen molar-refractivity contribution in [3.63, 3.8) is 0 Å². The third-order valence-electron chi connectivity index (χ3n) is 4.74. The molecule has 6 nitrogen and oxygen atoms in total. The summed E-state index contributed by atoms with van der Waals surface area (Å²) in [7, 11) is 0. The highest BCUT2D eigenvalue weighted by atomic mass is 19.1. The summed E-state index contributed by atoms with van der Waals surface area (Å²) in [5.74, 6) is 0.363. The second-order valence-corrected chi connectivity index (χ2v) is 6.58. The smallest absolute Gasteiger partial charge is 0.227 e. The number of hydrogen-bond donors (Lipinski definition) is 1. The van der Waals surface area contributed by atoms with Crippen LogP contribution in [-0.2, 0) is 11.2 Å². The highest BCUT2D eigenvalue weighted by Crippen LogP contribution is 2.36. The molecule has 1 aromatic carbocycles. The average Bonchev–Trinajstić information content (AvgIpc) is 3.35. The van der Waals surface area contributed by atoms with Gasteiger partial charge in [0.25, 0.3) is 0 Å². The second-order valence-electron chi connectivity index (χ2n) is 6.58. The molecule has 1 atom stereocenters. The Morgan fingerprint density at radius 2 is 2.19 bits per heavy atom. The van der Waals surface area contributed by atoms with Crippen LogP contribution in [0.5, 0.6) is 0 Å². The lowest BCUT2D eigenvalue weighted by atomic mass is 10.0. The Bertz CT molecular complexity index is 916. The molecule has 1 amide bonds. The van der Waals surface area contributed by atoms with Crippen molar-refractivity contribution in [3.8, 4) is 11.3 Å². The van der Waals surface area contributed by atoms with E-state index in [9.17, 15) is 9.18 Å². The summed E-state index contributed by atoms with van der Waals surface area (Å²) in [4.78, 5) is 14.7. The number of aromatic amines is 1. The Morgan fingerprint density at radius 1 is 1.38 bits per heavy atom. The predicted octanol–water partition coefficient (Wildman–Crippen LogP) is 3.42. The molecule has 0 aliphatic carbocycles. The van der Waals surface area contributed by atoms with Crippen molar-refractivity contribution in [2.75, 3.05) is 6.54 Å². The van der Waals surface area contributed by atoms with Gasteiger partial charge in [-0.05, 0) is 37.5 Å². The number of likely N-dealkylation sites (tertiary alicyclic amines) is 1. The van der Waals surface area contributed by atoms with E-state index in [1.807, 2.05) is 17.9 Å². The van der Waals surface area contributed by atoms with Gasteiger partial charge in [0.05, 0.1) is 35.6 Å². The summed E-state index contributed by atoms with van der Waals surface area (Å²) >= 11 is 0. The zero-order valence-corrected chi connectivity index (χ0v) is 14.4. The van der Waals surface area contributed by atoms with Gasteiger partial charge in [0.1, 0.15) is 5.82 Å². The number of carbonyl (C=O) groups excluding carboxylic acids is 1. The van der Waals surface area contributed by atoms with Crippen LogP contribution in [0.3, 0.4) is 0 Å². The lowest BCUT2D eigenvalue weighted by Gasteiger charge is -2.24. The number of nitrogens with zero attached hydrogens (tertiary/aromatic N) is 3. The maximum atomic E-state index is 13.1. The third kappa shape index (κ3) is 3.12. The van der Waals surface area contributed by atoms with Crippen molar-refractivity contribution >= 4 is 5.91 Å². The third-order valence-corrected chi connectivity index (χ3v) is 4.74. The maximum absolute atomic E-state index is 13.1. The highest BCUT2D eigenvalue weighted by Gasteiger charge is 2.33. The highest BCUT2D eigenvalue weighted by molar-refractivity contribution is 5.80. The quantitative estimate of drug-likeness (QED) is 0.779. The number of aromatic nitrogens is 3. The summed E-state index contributed by atoms with van der Waals surface area (Å²) in [6.07, 6.45) is 3.74. The van der Waals surface area contributed by atoms with Crippen LogP contribution in [0.1, 0.15) is 35.8 Å². The molecule has 2 aromatic heterocycles. The monoisotopic (exact) mass is 354 g/mol. The van der Waals surface area contributed by atoms with E-state index in [-0.39, 0.29) is 24.2 Å². The fraction of sp³-hybridized carbons (Fsp3) is 0.316. The van der Waals surface area contributed by atoms with Gasteiger partial charge in [0, 0.05) is 12.6 Å². The molecule has 1 aliphatic rings. The van der Waals surface area contributed by atoms with E-state index in [4.69, 9.17) is 4.52 Å². The van der Waals surface area contributed by atoms with Gasteiger partial charge < -0.3 is 9.42 Å². The number of nitrogens with one attached hydrogen (secondary N) is 1. The molecule has 4 rings (SSSR count). The zero-order valence-electron chi connectivity index (χ0n) is 14.4. The fourth-order valence-corrected chi connectivity index (χ4v) is 3.48. The average molecular weight is 354 g/mol. The number of halogens is 1. The molecule has 1 aliphatic heterocycles. The van der Waals surface area contributed by atoms with Gasteiger partial charge in [-0.1, -0.05) is 17.3 Å². The van der Waals surface area contributed by atoms with E-state index in [2.05, 4.69) is 15.4 Å². The Morgan fingerprint density at radius 3 is 2.92 bits per heavy atom. The van der Waals surface area contributed by atoms with Crippen LogP contribution < -0.4 is 0 Å². The van der Waals surface area contributed by atoms with Crippen molar-refractivity contribution in [1.29, 1.82) is 0 Å². The predicted molar refractivity (Wildman–Crippen MR) is 92.6 cm³/mol. The number of benzene rings is 1. The van der Waals surface area contributed by atoms with Crippen molar-refractivity contribution in [2.24, 2.45) is 0 Å². The first-order chi connectivity index (χ1) is 12.6. The van der Waals surface area contributed by atoms with Gasteiger partial charge in [0.15, 0.2) is 5.76 Å². The van der Waals surface area contributed by atoms with Gasteiger partial charge >= 0.3 is 0 Å². The molecule has 0 saturated carbocycles. The molecule has 1 fully saturated rings. The molecule has 3 aromatic rings. The molecule has 1 N–H and O–H groups in total. The van der Waals surface area contributed by atoms with Crippen LogP contribution in [0.25, 0.3) is 11.3 Å². The lowest BCUT2D eigenvalue weighted by molar-refractivity contribution is -0.131. The molecule has 26 heavy (non-hydrogen) atoms. The SMILES string of the molecule is Cc1cc(-c2cn[nH]c2C2CCCN2C(=O)Cc2ccc(F)cc2)on1. The van der Waals surface area contributed by atoms with Crippen LogP contribution in [0.4, 0.5) is 4.39 Å². The Kier molecular flexibility index (Phi) is 4.28. The fourth-order valence-electron chi connectivity index (χ4n) is 3.48. The molecule has 1 saturated heterocycles. The lowest BCUT2D eigenvalue weighted by Crippen LogP contribution is -2.32. The number of carbonyl (C=O) groups is 1. The number of hydrogen-bond acceptors (Lipinski definition) is 4. The summed E-state index contributed by atoms with van der Waals surface area (Å²) in [5, 5.41) is 11.1. The van der Waals surface area contributed by atoms with Crippen LogP contribution >= 0.6 is 0 Å². The van der Waals surface area contributed by atoms with E-state index in [1.54, 1.807) is 18.3 Å². The van der Waals surface area contributed by atoms with Crippen LogP contribution in [0.2, 0.25) is 0 Å². The van der Waals surface area contributed by atoms with Crippen LogP contribution in [0.15, 0.2) is 41.1 Å². The standard InChI is InChI=1S/C19H19FN4O2/c1-12-9-17(26-23-12)15-11-21-22-19(15)16-3-2-8-24(16)18(25)10-13-4-6-14(20)7-5-13/h4-7,9,11,16H,2-3,8,10H2,1H3,(H,21,22). The Hall–Kier alpha value is -2.96. The Labute approximate surface area is 150 Å². The molecular weight excluding hydrogens is 335 g/mol. The van der Waals surface area contributed by atoms with Crippen LogP contribution in [0, 0.1) is 12.7 Å². The minimum atomic E-state index is -0.301. The number of H-pyrrole nitrogens is 1. The Balaban J connectivity index is 1.56. The number of amides is 1. The molecular formula is C19H19FN4O2. The summed E-state index contributed by atoms with van der Waals surface area (Å²) in [6, 6.07) is 7.83. The van der Waals surface area contributed by atoms with Crippen molar-refractivity contribution in [1.82, 2.24) is 20.3 Å². The first-order valence-corrected chi connectivity index (χ1v) is 8.62. The van der Waals surface area contributed by atoms with Crippen molar-refractivity contribution in [2.45, 2.75) is 32.2 Å². The minimum absolute atomic E-state index is 0.0217. The van der Waals surface area contributed by atoms with Crippen molar-refractivity contribution in [3.05, 3.63) is 59.3 Å². The van der Waals surface area contributed by atoms with Gasteiger partial charge in [-0.15, -0.1) is 0 Å². The number of aryl methyl sites for hydroxylation is 1. The first kappa shape index (κ1) is 16.5. The summed E-state index contributed by atoms with van der Waals surface area (Å²) in [6.45, 7) is 2.55. The first-order valence-electron chi connectivity index (χ1n) is 8.62. The van der Waals surface area contributed by atoms with Gasteiger partial charge in [-0.2, -0.15) is 5.10 Å². The van der Waals surface area contributed by atoms with Gasteiger partial charge in [-0.25, -0.2) is 4.39 Å². The largest absolute Gasteiger partial charge is 0.356 e. The van der Waals surface area contributed by atoms with Crippen LogP contribution in [-0.4, -0.2) is 32.7 Å². The zero-order chi connectivity index (χ0) is 18.1. The maximum Gasteiger partial charge on any atom is 0.227 e. The van der Waals surface area contributed by atoms with Gasteiger partial charge in [-0.3, -0.25) is 9.89 Å². The molecule has 3 heterocycles. The van der Waals surface area contributed by atoms with E-state index in [0.717, 1.165) is 35.4 Å². The molecule has 0 spiro atoms. The van der Waals surface area contributed by atoms with E-state index in [1.165, 1.54) is 12.1 Å². The molecule has 134 valence electrons. The van der Waals surface area contributed by atoms with E-state index >= 15 is 0 Å². The van der Waals surface area contributed by atoms with Gasteiger partial charge in [0.2, 0.25) is 5.91 Å². The summed E-state index contributed by atoms with van der Waals surface area (Å²) in [5.41, 5.74) is 3.30. The topological polar surface area (TPSA) is 75.0 Å². The molecule has 0 bridgehead atoms. The van der Waals surface area contributed by atoms with E-state index in [0.29, 0.717) is 12.3 Å². The van der Waals surface area contributed by atoms with E-state index < -0.39 is 0 Å². The normalized spacial score (nSPS) is 17.0. The number of rotatable bonds is 4. The second kappa shape index (κ2) is 6.74. The van der Waals surface area contributed by atoms with Crippen molar-refractivity contribution < 1.29 is 13.7 Å². The molecule has 1 unspecified atom stereocenters. The molecule has 0 radical (unpaired) electrons. The summed E-state index contributed by atoms with van der Waals surface area (Å²) < 4.78 is 18.4. The molecule has 7 heteroatoms. The minimum Gasteiger partial charge on any atom is -0.356 e.